The first-order chi connectivity index (χ1) is 8.17. The zero-order chi connectivity index (χ0) is 12.7. The largest absolute Gasteiger partial charge is 0.491 e. The zero-order valence-electron chi connectivity index (χ0n) is 11.0. The molecule has 2 heteroatoms. The summed E-state index contributed by atoms with van der Waals surface area (Å²) in [6.45, 7) is 6.23. The van der Waals surface area contributed by atoms with Gasteiger partial charge in [-0.1, -0.05) is 20.3 Å². The van der Waals surface area contributed by atoms with E-state index in [1.165, 1.54) is 0 Å². The van der Waals surface area contributed by atoms with Crippen molar-refractivity contribution in [1.29, 1.82) is 0 Å². The van der Waals surface area contributed by atoms with Gasteiger partial charge in [0.25, 0.3) is 0 Å². The lowest BCUT2D eigenvalue weighted by molar-refractivity contribution is 0.0979. The van der Waals surface area contributed by atoms with Crippen LogP contribution in [-0.2, 0) is 0 Å². The van der Waals surface area contributed by atoms with Crippen molar-refractivity contribution in [3.63, 3.8) is 0 Å². The zero-order valence-corrected chi connectivity index (χ0v) is 11.0. The van der Waals surface area contributed by atoms with Gasteiger partial charge in [-0.15, -0.1) is 0 Å². The van der Waals surface area contributed by atoms with Gasteiger partial charge in [0, 0.05) is 12.0 Å². The Morgan fingerprint density at radius 1 is 1.24 bits per heavy atom. The maximum absolute atomic E-state index is 11.8. The van der Waals surface area contributed by atoms with Crippen LogP contribution < -0.4 is 4.74 Å². The summed E-state index contributed by atoms with van der Waals surface area (Å²) in [6.07, 6.45) is 3.86. The lowest BCUT2D eigenvalue weighted by Gasteiger charge is -2.12. The van der Waals surface area contributed by atoms with Crippen molar-refractivity contribution in [2.45, 2.75) is 52.6 Å². The Labute approximate surface area is 104 Å². The molecular formula is C15H22O2. The van der Waals surface area contributed by atoms with Gasteiger partial charge in [-0.3, -0.25) is 4.79 Å². The normalized spacial score (nSPS) is 12.2. The quantitative estimate of drug-likeness (QED) is 0.660. The Kier molecular flexibility index (Phi) is 5.75. The van der Waals surface area contributed by atoms with Crippen LogP contribution in [0.2, 0.25) is 0 Å². The lowest BCUT2D eigenvalue weighted by atomic mass is 10.1. The van der Waals surface area contributed by atoms with Crippen LogP contribution >= 0.6 is 0 Å². The molecule has 0 aromatic heterocycles. The Hall–Kier alpha value is -1.31. The van der Waals surface area contributed by atoms with Gasteiger partial charge in [0.2, 0.25) is 0 Å². The van der Waals surface area contributed by atoms with E-state index in [1.54, 1.807) is 0 Å². The Bertz CT molecular complexity index is 340. The highest BCUT2D eigenvalue weighted by atomic mass is 16.5. The van der Waals surface area contributed by atoms with Crippen molar-refractivity contribution in [1.82, 2.24) is 0 Å². The van der Waals surface area contributed by atoms with E-state index in [0.717, 1.165) is 30.6 Å². The molecule has 0 fully saturated rings. The fourth-order valence-corrected chi connectivity index (χ4v) is 1.52. The number of unbranched alkanes of at least 4 members (excludes halogenated alkanes) is 1. The first kappa shape index (κ1) is 13.8. The molecule has 17 heavy (non-hydrogen) atoms. The summed E-state index contributed by atoms with van der Waals surface area (Å²) in [5.74, 6) is 1.06. The summed E-state index contributed by atoms with van der Waals surface area (Å²) in [5.41, 5.74) is 0.787. The van der Waals surface area contributed by atoms with Gasteiger partial charge in [-0.05, 0) is 44.0 Å². The number of ketones is 1. The van der Waals surface area contributed by atoms with Gasteiger partial charge in [0.1, 0.15) is 5.75 Å². The van der Waals surface area contributed by atoms with Crippen LogP contribution in [0, 0.1) is 0 Å². The van der Waals surface area contributed by atoms with Crippen molar-refractivity contribution in [2.24, 2.45) is 0 Å². The topological polar surface area (TPSA) is 26.3 Å². The molecule has 0 aliphatic rings. The molecule has 0 spiro atoms. The van der Waals surface area contributed by atoms with E-state index in [9.17, 15) is 4.79 Å². The molecule has 1 unspecified atom stereocenters. The SMILES string of the molecule is CCCCC(=O)c1ccc(OC(C)CC)cc1. The highest BCUT2D eigenvalue weighted by Gasteiger charge is 2.06. The standard InChI is InChI=1S/C15H22O2/c1-4-6-7-15(16)13-8-10-14(11-9-13)17-12(3)5-2/h8-12H,4-7H2,1-3H3. The van der Waals surface area contributed by atoms with Gasteiger partial charge >= 0.3 is 0 Å². The third kappa shape index (κ3) is 4.59. The Morgan fingerprint density at radius 3 is 2.41 bits per heavy atom. The van der Waals surface area contributed by atoms with E-state index in [4.69, 9.17) is 4.74 Å². The van der Waals surface area contributed by atoms with Gasteiger partial charge in [0.15, 0.2) is 5.78 Å². The van der Waals surface area contributed by atoms with Crippen LogP contribution in [0.1, 0.15) is 56.8 Å². The molecule has 0 aliphatic heterocycles. The average Bonchev–Trinajstić information content (AvgIpc) is 2.36. The predicted molar refractivity (Wildman–Crippen MR) is 70.7 cm³/mol. The number of benzene rings is 1. The predicted octanol–water partition coefficient (Wildman–Crippen LogP) is 4.24. The van der Waals surface area contributed by atoms with Crippen LogP contribution in [0.15, 0.2) is 24.3 Å². The fourth-order valence-electron chi connectivity index (χ4n) is 1.52. The van der Waals surface area contributed by atoms with E-state index in [1.807, 2.05) is 31.2 Å². The molecule has 1 atom stereocenters. The van der Waals surface area contributed by atoms with Crippen molar-refractivity contribution in [3.8, 4) is 5.75 Å². The van der Waals surface area contributed by atoms with Crippen LogP contribution in [0.4, 0.5) is 0 Å². The van der Waals surface area contributed by atoms with Crippen molar-refractivity contribution in [3.05, 3.63) is 29.8 Å². The van der Waals surface area contributed by atoms with Crippen LogP contribution in [0.5, 0.6) is 5.75 Å². The number of Topliss-reactive ketones (excluding diaryl/α,β-unsaturated/α-hetero) is 1. The molecule has 0 heterocycles. The van der Waals surface area contributed by atoms with Crippen molar-refractivity contribution < 1.29 is 9.53 Å². The number of hydrogen-bond acceptors (Lipinski definition) is 2. The highest BCUT2D eigenvalue weighted by molar-refractivity contribution is 5.96. The summed E-state index contributed by atoms with van der Waals surface area (Å²) in [7, 11) is 0. The molecule has 94 valence electrons. The first-order valence-corrected chi connectivity index (χ1v) is 6.47. The molecule has 1 rings (SSSR count). The number of rotatable bonds is 7. The summed E-state index contributed by atoms with van der Waals surface area (Å²) in [6, 6.07) is 7.47. The lowest BCUT2D eigenvalue weighted by Crippen LogP contribution is -2.09. The second-order valence-electron chi connectivity index (χ2n) is 4.39. The minimum Gasteiger partial charge on any atom is -0.491 e. The van der Waals surface area contributed by atoms with Gasteiger partial charge in [0.05, 0.1) is 6.10 Å². The average molecular weight is 234 g/mol. The number of ether oxygens (including phenoxy) is 1. The van der Waals surface area contributed by atoms with Gasteiger partial charge < -0.3 is 4.74 Å². The molecule has 0 N–H and O–H groups in total. The van der Waals surface area contributed by atoms with Crippen molar-refractivity contribution >= 4 is 5.78 Å². The molecule has 2 nitrogen and oxygen atoms in total. The fraction of sp³-hybridized carbons (Fsp3) is 0.533. The van der Waals surface area contributed by atoms with Crippen LogP contribution in [0.3, 0.4) is 0 Å². The Morgan fingerprint density at radius 2 is 1.88 bits per heavy atom. The molecule has 0 aliphatic carbocycles. The molecule has 1 aromatic rings. The van der Waals surface area contributed by atoms with Crippen molar-refractivity contribution in [2.75, 3.05) is 0 Å². The summed E-state index contributed by atoms with van der Waals surface area (Å²) >= 11 is 0. The van der Waals surface area contributed by atoms with E-state index in [2.05, 4.69) is 13.8 Å². The maximum atomic E-state index is 11.8. The van der Waals surface area contributed by atoms with E-state index in [-0.39, 0.29) is 11.9 Å². The highest BCUT2D eigenvalue weighted by Crippen LogP contribution is 2.16. The number of carbonyl (C=O) groups is 1. The van der Waals surface area contributed by atoms with E-state index in [0.29, 0.717) is 6.42 Å². The smallest absolute Gasteiger partial charge is 0.162 e. The number of hydrogen-bond donors (Lipinski definition) is 0. The second kappa shape index (κ2) is 7.10. The summed E-state index contributed by atoms with van der Waals surface area (Å²) < 4.78 is 5.67. The second-order valence-corrected chi connectivity index (χ2v) is 4.39. The van der Waals surface area contributed by atoms with Crippen LogP contribution in [-0.4, -0.2) is 11.9 Å². The van der Waals surface area contributed by atoms with E-state index >= 15 is 0 Å². The molecule has 0 bridgehead atoms. The summed E-state index contributed by atoms with van der Waals surface area (Å²) in [4.78, 5) is 11.8. The molecule has 0 amide bonds. The number of carbonyl (C=O) groups excluding carboxylic acids is 1. The first-order valence-electron chi connectivity index (χ1n) is 6.47. The summed E-state index contributed by atoms with van der Waals surface area (Å²) in [5, 5.41) is 0. The van der Waals surface area contributed by atoms with Gasteiger partial charge in [-0.2, -0.15) is 0 Å². The third-order valence-corrected chi connectivity index (χ3v) is 2.85. The maximum Gasteiger partial charge on any atom is 0.162 e. The minimum atomic E-state index is 0.219. The molecule has 0 saturated carbocycles. The molecular weight excluding hydrogens is 212 g/mol. The van der Waals surface area contributed by atoms with E-state index < -0.39 is 0 Å². The molecule has 0 saturated heterocycles. The molecule has 1 aromatic carbocycles. The minimum absolute atomic E-state index is 0.219. The molecule has 0 radical (unpaired) electrons. The van der Waals surface area contributed by atoms with Gasteiger partial charge in [-0.25, -0.2) is 0 Å². The monoisotopic (exact) mass is 234 g/mol. The van der Waals surface area contributed by atoms with Crippen LogP contribution in [0.25, 0.3) is 0 Å². The third-order valence-electron chi connectivity index (χ3n) is 2.85. The Balaban J connectivity index is 2.58.